The number of piperidine rings is 1. The number of methoxy groups -OCH3 is 2. The first-order valence-electron chi connectivity index (χ1n) is 10.2. The Morgan fingerprint density at radius 1 is 1.23 bits per heavy atom. The molecule has 31 heavy (non-hydrogen) atoms. The van der Waals surface area contributed by atoms with Gasteiger partial charge in [0.2, 0.25) is 5.91 Å². The van der Waals surface area contributed by atoms with Crippen molar-refractivity contribution in [2.24, 2.45) is 0 Å². The fourth-order valence-corrected chi connectivity index (χ4v) is 4.06. The molecule has 2 N–H and O–H groups in total. The van der Waals surface area contributed by atoms with Gasteiger partial charge in [0.15, 0.2) is 5.13 Å². The molecule has 1 saturated heterocycles. The Morgan fingerprint density at radius 2 is 2.00 bits per heavy atom. The van der Waals surface area contributed by atoms with E-state index >= 15 is 0 Å². The SMILES string of the molecule is CCOC(=O)N1CCC(NC(=O)Cc2csc(Nc3cc(OC)ccc3OC)n2)CC1. The molecule has 3 rings (SSSR count). The monoisotopic (exact) mass is 448 g/mol. The van der Waals surface area contributed by atoms with Crippen molar-refractivity contribution < 1.29 is 23.8 Å². The van der Waals surface area contributed by atoms with Crippen LogP contribution in [-0.4, -0.2) is 61.8 Å². The second-order valence-corrected chi connectivity index (χ2v) is 7.90. The lowest BCUT2D eigenvalue weighted by atomic mass is 10.1. The number of nitrogens with one attached hydrogen (secondary N) is 2. The zero-order valence-corrected chi connectivity index (χ0v) is 18.8. The van der Waals surface area contributed by atoms with Crippen LogP contribution >= 0.6 is 11.3 Å². The van der Waals surface area contributed by atoms with Crippen molar-refractivity contribution >= 4 is 34.2 Å². The highest BCUT2D eigenvalue weighted by Crippen LogP contribution is 2.32. The Morgan fingerprint density at radius 3 is 2.68 bits per heavy atom. The first kappa shape index (κ1) is 22.7. The van der Waals surface area contributed by atoms with Gasteiger partial charge in [-0.3, -0.25) is 4.79 Å². The van der Waals surface area contributed by atoms with Crippen LogP contribution in [0.3, 0.4) is 0 Å². The van der Waals surface area contributed by atoms with Crippen molar-refractivity contribution in [1.82, 2.24) is 15.2 Å². The van der Waals surface area contributed by atoms with Crippen LogP contribution in [0.4, 0.5) is 15.6 Å². The summed E-state index contributed by atoms with van der Waals surface area (Å²) < 4.78 is 15.7. The van der Waals surface area contributed by atoms with E-state index in [2.05, 4.69) is 15.6 Å². The van der Waals surface area contributed by atoms with E-state index in [9.17, 15) is 9.59 Å². The third-order valence-electron chi connectivity index (χ3n) is 4.93. The fraction of sp³-hybridized carbons (Fsp3) is 0.476. The van der Waals surface area contributed by atoms with Crippen molar-refractivity contribution in [1.29, 1.82) is 0 Å². The van der Waals surface area contributed by atoms with Gasteiger partial charge in [-0.25, -0.2) is 9.78 Å². The Hall–Kier alpha value is -3.01. The van der Waals surface area contributed by atoms with Crippen molar-refractivity contribution in [2.45, 2.75) is 32.2 Å². The summed E-state index contributed by atoms with van der Waals surface area (Å²) in [5.74, 6) is 1.29. The quantitative estimate of drug-likeness (QED) is 0.639. The topological polar surface area (TPSA) is 102 Å². The molecule has 0 bridgehead atoms. The maximum absolute atomic E-state index is 12.4. The molecule has 1 aromatic heterocycles. The molecule has 1 aromatic carbocycles. The van der Waals surface area contributed by atoms with Crippen LogP contribution in [0.1, 0.15) is 25.5 Å². The molecule has 0 atom stereocenters. The summed E-state index contributed by atoms with van der Waals surface area (Å²) in [5, 5.41) is 8.78. The van der Waals surface area contributed by atoms with E-state index in [4.69, 9.17) is 14.2 Å². The second kappa shape index (κ2) is 10.9. The van der Waals surface area contributed by atoms with Gasteiger partial charge in [0.05, 0.1) is 38.6 Å². The molecular formula is C21H28N4O5S. The number of likely N-dealkylation sites (tertiary alicyclic amines) is 1. The van der Waals surface area contributed by atoms with Gasteiger partial charge in [-0.2, -0.15) is 0 Å². The van der Waals surface area contributed by atoms with E-state index in [-0.39, 0.29) is 24.5 Å². The standard InChI is InChI=1S/C21H28N4O5S/c1-4-30-21(27)25-9-7-14(8-10-25)22-19(26)11-15-13-31-20(23-15)24-17-12-16(28-2)5-6-18(17)29-3/h5-6,12-14H,4,7-11H2,1-3H3,(H,22,26)(H,23,24). The summed E-state index contributed by atoms with van der Waals surface area (Å²) in [7, 11) is 3.20. The highest BCUT2D eigenvalue weighted by molar-refractivity contribution is 7.13. The Bertz CT molecular complexity index is 896. The van der Waals surface area contributed by atoms with Crippen LogP contribution < -0.4 is 20.1 Å². The number of thiazole rings is 1. The molecule has 0 saturated carbocycles. The van der Waals surface area contributed by atoms with Crippen LogP contribution in [0.15, 0.2) is 23.6 Å². The zero-order chi connectivity index (χ0) is 22.2. The largest absolute Gasteiger partial charge is 0.497 e. The molecule has 2 heterocycles. The number of carbonyl (C=O) groups excluding carboxylic acids is 2. The molecule has 2 aromatic rings. The number of aromatic nitrogens is 1. The van der Waals surface area contributed by atoms with Crippen LogP contribution in [0.5, 0.6) is 11.5 Å². The van der Waals surface area contributed by atoms with Gasteiger partial charge in [0, 0.05) is 30.6 Å². The number of rotatable bonds is 8. The number of hydrogen-bond acceptors (Lipinski definition) is 8. The lowest BCUT2D eigenvalue weighted by Crippen LogP contribution is -2.47. The number of benzene rings is 1. The number of carbonyl (C=O) groups is 2. The van der Waals surface area contributed by atoms with Crippen molar-refractivity contribution in [3.05, 3.63) is 29.3 Å². The Labute approximate surface area is 185 Å². The number of amides is 2. The fourth-order valence-electron chi connectivity index (χ4n) is 3.34. The molecule has 0 unspecified atom stereocenters. The van der Waals surface area contributed by atoms with E-state index in [1.165, 1.54) is 11.3 Å². The van der Waals surface area contributed by atoms with E-state index in [0.717, 1.165) is 5.69 Å². The summed E-state index contributed by atoms with van der Waals surface area (Å²) >= 11 is 1.42. The third kappa shape index (κ3) is 6.24. The summed E-state index contributed by atoms with van der Waals surface area (Å²) in [6.07, 6.45) is 1.34. The predicted molar refractivity (Wildman–Crippen MR) is 118 cm³/mol. The minimum Gasteiger partial charge on any atom is -0.497 e. The van der Waals surface area contributed by atoms with E-state index in [1.54, 1.807) is 26.0 Å². The van der Waals surface area contributed by atoms with E-state index < -0.39 is 0 Å². The molecule has 0 aliphatic carbocycles. The maximum atomic E-state index is 12.4. The molecule has 10 heteroatoms. The Kier molecular flexibility index (Phi) is 7.94. The summed E-state index contributed by atoms with van der Waals surface area (Å²) in [6, 6.07) is 5.51. The molecule has 9 nitrogen and oxygen atoms in total. The minimum atomic E-state index is -0.289. The van der Waals surface area contributed by atoms with Crippen LogP contribution in [0, 0.1) is 0 Å². The molecule has 1 fully saturated rings. The van der Waals surface area contributed by atoms with Gasteiger partial charge >= 0.3 is 6.09 Å². The van der Waals surface area contributed by atoms with E-state index in [1.807, 2.05) is 23.6 Å². The molecule has 168 valence electrons. The molecule has 2 amide bonds. The first-order chi connectivity index (χ1) is 15.0. The van der Waals surface area contributed by atoms with Crippen LogP contribution in [0.25, 0.3) is 0 Å². The van der Waals surface area contributed by atoms with Gasteiger partial charge in [-0.1, -0.05) is 0 Å². The molecular weight excluding hydrogens is 420 g/mol. The third-order valence-corrected chi connectivity index (χ3v) is 5.73. The zero-order valence-electron chi connectivity index (χ0n) is 18.0. The highest BCUT2D eigenvalue weighted by atomic mass is 32.1. The molecule has 1 aliphatic heterocycles. The minimum absolute atomic E-state index is 0.0513. The number of anilines is 2. The second-order valence-electron chi connectivity index (χ2n) is 7.04. The first-order valence-corrected chi connectivity index (χ1v) is 11.0. The van der Waals surface area contributed by atoms with Crippen molar-refractivity contribution in [3.8, 4) is 11.5 Å². The van der Waals surface area contributed by atoms with Gasteiger partial charge in [0.1, 0.15) is 11.5 Å². The highest BCUT2D eigenvalue weighted by Gasteiger charge is 2.24. The van der Waals surface area contributed by atoms with Crippen molar-refractivity contribution in [3.63, 3.8) is 0 Å². The van der Waals surface area contributed by atoms with Gasteiger partial charge in [-0.15, -0.1) is 11.3 Å². The number of nitrogens with zero attached hydrogens (tertiary/aromatic N) is 2. The normalized spacial score (nSPS) is 14.1. The Balaban J connectivity index is 1.50. The van der Waals surface area contributed by atoms with E-state index in [0.29, 0.717) is 54.9 Å². The lowest BCUT2D eigenvalue weighted by Gasteiger charge is -2.31. The summed E-state index contributed by atoms with van der Waals surface area (Å²) in [6.45, 7) is 3.32. The average Bonchev–Trinajstić information content (AvgIpc) is 3.20. The smallest absolute Gasteiger partial charge is 0.409 e. The predicted octanol–water partition coefficient (Wildman–Crippen LogP) is 3.18. The summed E-state index contributed by atoms with van der Waals surface area (Å²) in [5.41, 5.74) is 1.43. The van der Waals surface area contributed by atoms with Gasteiger partial charge in [-0.05, 0) is 31.9 Å². The van der Waals surface area contributed by atoms with Crippen LogP contribution in [-0.2, 0) is 16.0 Å². The summed E-state index contributed by atoms with van der Waals surface area (Å²) in [4.78, 5) is 30.4. The van der Waals surface area contributed by atoms with Gasteiger partial charge in [0.25, 0.3) is 0 Å². The van der Waals surface area contributed by atoms with Crippen molar-refractivity contribution in [2.75, 3.05) is 39.2 Å². The molecule has 0 spiro atoms. The average molecular weight is 449 g/mol. The number of hydrogen-bond donors (Lipinski definition) is 2. The van der Waals surface area contributed by atoms with Crippen LogP contribution in [0.2, 0.25) is 0 Å². The molecule has 1 aliphatic rings. The van der Waals surface area contributed by atoms with Gasteiger partial charge < -0.3 is 29.7 Å². The maximum Gasteiger partial charge on any atom is 0.409 e. The lowest BCUT2D eigenvalue weighted by molar-refractivity contribution is -0.121. The number of ether oxygens (including phenoxy) is 3. The molecule has 0 radical (unpaired) electrons.